The number of aromatic nitrogens is 1. The van der Waals surface area contributed by atoms with Crippen LogP contribution in [-0.4, -0.2) is 17.7 Å². The molecule has 1 saturated carbocycles. The summed E-state index contributed by atoms with van der Waals surface area (Å²) in [6, 6.07) is 3.86. The van der Waals surface area contributed by atoms with Gasteiger partial charge in [0.15, 0.2) is 0 Å². The van der Waals surface area contributed by atoms with Crippen LogP contribution in [0.4, 0.5) is 0 Å². The molecule has 3 heteroatoms. The Morgan fingerprint density at radius 3 is 2.93 bits per heavy atom. The van der Waals surface area contributed by atoms with Gasteiger partial charge in [-0.15, -0.1) is 0 Å². The van der Waals surface area contributed by atoms with E-state index in [1.807, 2.05) is 18.3 Å². The van der Waals surface area contributed by atoms with E-state index in [4.69, 9.17) is 10.5 Å². The zero-order valence-corrected chi connectivity index (χ0v) is 8.93. The molecule has 0 bridgehead atoms. The van der Waals surface area contributed by atoms with Gasteiger partial charge in [0, 0.05) is 12.4 Å². The molecule has 1 aromatic rings. The molecule has 0 saturated heterocycles. The summed E-state index contributed by atoms with van der Waals surface area (Å²) in [5, 5.41) is 0. The Hall–Kier alpha value is -0.930. The molecular weight excluding hydrogens is 188 g/mol. The van der Waals surface area contributed by atoms with Crippen LogP contribution in [0.1, 0.15) is 37.3 Å². The predicted octanol–water partition coefficient (Wildman–Crippen LogP) is 2.04. The van der Waals surface area contributed by atoms with Gasteiger partial charge in [0.2, 0.25) is 0 Å². The monoisotopic (exact) mass is 206 g/mol. The third-order valence-corrected chi connectivity index (χ3v) is 2.93. The first-order valence-corrected chi connectivity index (χ1v) is 5.63. The fraction of sp³-hybridized carbons (Fsp3) is 0.583. The molecule has 1 aliphatic carbocycles. The number of nitrogens with two attached hydrogens (primary N) is 1. The lowest BCUT2D eigenvalue weighted by molar-refractivity contribution is 0.0488. The molecular formula is C12H18N2O. The van der Waals surface area contributed by atoms with Gasteiger partial charge in [0.1, 0.15) is 0 Å². The first-order valence-electron chi connectivity index (χ1n) is 5.63. The van der Waals surface area contributed by atoms with Crippen LogP contribution in [0.25, 0.3) is 0 Å². The number of ether oxygens (including phenoxy) is 1. The number of hydrogen-bond acceptors (Lipinski definition) is 3. The van der Waals surface area contributed by atoms with E-state index in [-0.39, 0.29) is 6.04 Å². The summed E-state index contributed by atoms with van der Waals surface area (Å²) in [7, 11) is 0. The fourth-order valence-electron chi connectivity index (χ4n) is 1.99. The molecule has 15 heavy (non-hydrogen) atoms. The minimum Gasteiger partial charge on any atom is -0.376 e. The molecule has 0 aliphatic heterocycles. The summed E-state index contributed by atoms with van der Waals surface area (Å²) in [6.45, 7) is 0.607. The Morgan fingerprint density at radius 1 is 1.47 bits per heavy atom. The summed E-state index contributed by atoms with van der Waals surface area (Å²) < 4.78 is 5.77. The predicted molar refractivity (Wildman–Crippen MR) is 59.4 cm³/mol. The smallest absolute Gasteiger partial charge is 0.0663 e. The van der Waals surface area contributed by atoms with Crippen LogP contribution < -0.4 is 5.73 Å². The molecule has 0 radical (unpaired) electrons. The van der Waals surface area contributed by atoms with Crippen molar-refractivity contribution in [2.24, 2.45) is 5.73 Å². The summed E-state index contributed by atoms with van der Waals surface area (Å²) >= 11 is 0. The number of rotatable bonds is 4. The van der Waals surface area contributed by atoms with Crippen LogP contribution in [0.15, 0.2) is 24.5 Å². The van der Waals surface area contributed by atoms with Crippen LogP contribution in [0.3, 0.4) is 0 Å². The average Bonchev–Trinajstić information content (AvgIpc) is 2.80. The molecule has 2 rings (SSSR count). The van der Waals surface area contributed by atoms with E-state index in [0.717, 1.165) is 5.56 Å². The Morgan fingerprint density at radius 2 is 2.27 bits per heavy atom. The minimum absolute atomic E-state index is 0.0423. The van der Waals surface area contributed by atoms with Crippen molar-refractivity contribution in [3.8, 4) is 0 Å². The maximum atomic E-state index is 6.01. The largest absolute Gasteiger partial charge is 0.376 e. The second kappa shape index (κ2) is 5.24. The van der Waals surface area contributed by atoms with E-state index in [1.165, 1.54) is 25.7 Å². The van der Waals surface area contributed by atoms with Crippen molar-refractivity contribution in [1.29, 1.82) is 0 Å². The molecule has 3 nitrogen and oxygen atoms in total. The Bertz CT molecular complexity index is 283. The molecule has 1 aromatic heterocycles. The van der Waals surface area contributed by atoms with E-state index in [1.54, 1.807) is 6.20 Å². The summed E-state index contributed by atoms with van der Waals surface area (Å²) in [4.78, 5) is 4.05. The molecule has 2 N–H and O–H groups in total. The van der Waals surface area contributed by atoms with Crippen molar-refractivity contribution < 1.29 is 4.74 Å². The highest BCUT2D eigenvalue weighted by Gasteiger charge is 2.16. The fourth-order valence-corrected chi connectivity index (χ4v) is 1.99. The normalized spacial score (nSPS) is 19.3. The zero-order valence-electron chi connectivity index (χ0n) is 8.93. The first-order chi connectivity index (χ1) is 7.36. The van der Waals surface area contributed by atoms with Crippen LogP contribution in [-0.2, 0) is 4.74 Å². The first kappa shape index (κ1) is 10.6. The number of pyridine rings is 1. The Balaban J connectivity index is 1.79. The van der Waals surface area contributed by atoms with Gasteiger partial charge in [-0.25, -0.2) is 0 Å². The Kier molecular flexibility index (Phi) is 3.69. The van der Waals surface area contributed by atoms with Gasteiger partial charge in [-0.1, -0.05) is 18.9 Å². The van der Waals surface area contributed by atoms with E-state index < -0.39 is 0 Å². The molecule has 82 valence electrons. The van der Waals surface area contributed by atoms with Gasteiger partial charge in [0.25, 0.3) is 0 Å². The quantitative estimate of drug-likeness (QED) is 0.820. The molecule has 1 heterocycles. The number of nitrogens with zero attached hydrogens (tertiary/aromatic N) is 1. The van der Waals surface area contributed by atoms with Crippen LogP contribution in [0.5, 0.6) is 0 Å². The van der Waals surface area contributed by atoms with Crippen LogP contribution in [0, 0.1) is 0 Å². The summed E-state index contributed by atoms with van der Waals surface area (Å²) in [5.41, 5.74) is 7.06. The van der Waals surface area contributed by atoms with Gasteiger partial charge in [-0.2, -0.15) is 0 Å². The average molecular weight is 206 g/mol. The van der Waals surface area contributed by atoms with Gasteiger partial charge in [-0.05, 0) is 24.5 Å². The summed E-state index contributed by atoms with van der Waals surface area (Å²) in [6.07, 6.45) is 8.99. The van der Waals surface area contributed by atoms with Crippen molar-refractivity contribution in [2.45, 2.75) is 37.8 Å². The van der Waals surface area contributed by atoms with E-state index in [9.17, 15) is 0 Å². The molecule has 1 aliphatic rings. The third kappa shape index (κ3) is 3.01. The SMILES string of the molecule is NC(COC1CCCC1)c1cccnc1. The maximum absolute atomic E-state index is 6.01. The van der Waals surface area contributed by atoms with Crippen molar-refractivity contribution in [2.75, 3.05) is 6.61 Å². The van der Waals surface area contributed by atoms with Crippen molar-refractivity contribution in [3.05, 3.63) is 30.1 Å². The molecule has 1 atom stereocenters. The second-order valence-electron chi connectivity index (χ2n) is 4.13. The molecule has 0 spiro atoms. The highest BCUT2D eigenvalue weighted by atomic mass is 16.5. The molecule has 1 fully saturated rings. The maximum Gasteiger partial charge on any atom is 0.0663 e. The van der Waals surface area contributed by atoms with Gasteiger partial charge in [-0.3, -0.25) is 4.98 Å². The van der Waals surface area contributed by atoms with Gasteiger partial charge in [0.05, 0.1) is 18.8 Å². The van der Waals surface area contributed by atoms with Crippen LogP contribution >= 0.6 is 0 Å². The van der Waals surface area contributed by atoms with E-state index in [2.05, 4.69) is 4.98 Å². The minimum atomic E-state index is -0.0423. The lowest BCUT2D eigenvalue weighted by Crippen LogP contribution is -2.20. The number of hydrogen-bond donors (Lipinski definition) is 1. The zero-order chi connectivity index (χ0) is 10.5. The Labute approximate surface area is 90.7 Å². The highest BCUT2D eigenvalue weighted by Crippen LogP contribution is 2.22. The molecule has 1 unspecified atom stereocenters. The third-order valence-electron chi connectivity index (χ3n) is 2.93. The molecule has 0 aromatic carbocycles. The van der Waals surface area contributed by atoms with Crippen molar-refractivity contribution >= 4 is 0 Å². The molecule has 0 amide bonds. The second-order valence-corrected chi connectivity index (χ2v) is 4.13. The topological polar surface area (TPSA) is 48.1 Å². The lowest BCUT2D eigenvalue weighted by atomic mass is 10.1. The van der Waals surface area contributed by atoms with Crippen molar-refractivity contribution in [1.82, 2.24) is 4.98 Å². The van der Waals surface area contributed by atoms with Gasteiger partial charge >= 0.3 is 0 Å². The van der Waals surface area contributed by atoms with Crippen LogP contribution in [0.2, 0.25) is 0 Å². The van der Waals surface area contributed by atoms with E-state index >= 15 is 0 Å². The van der Waals surface area contributed by atoms with Gasteiger partial charge < -0.3 is 10.5 Å². The summed E-state index contributed by atoms with van der Waals surface area (Å²) in [5.74, 6) is 0. The highest BCUT2D eigenvalue weighted by molar-refractivity contribution is 5.13. The lowest BCUT2D eigenvalue weighted by Gasteiger charge is -2.16. The van der Waals surface area contributed by atoms with E-state index in [0.29, 0.717) is 12.7 Å². The van der Waals surface area contributed by atoms with Crippen molar-refractivity contribution in [3.63, 3.8) is 0 Å². The standard InChI is InChI=1S/C12H18N2O/c13-12(10-4-3-7-14-8-10)9-15-11-5-1-2-6-11/h3-4,7-8,11-12H,1-2,5-6,9,13H2.